The Kier molecular flexibility index (Phi) is 5.90. The number of imidazole rings is 1. The van der Waals surface area contributed by atoms with Crippen LogP contribution in [0.15, 0.2) is 66.4 Å². The quantitative estimate of drug-likeness (QED) is 0.402. The number of hydrogen-bond acceptors (Lipinski definition) is 4. The van der Waals surface area contributed by atoms with Crippen molar-refractivity contribution in [2.45, 2.75) is 51.4 Å². The molecule has 0 saturated heterocycles. The lowest BCUT2D eigenvalue weighted by atomic mass is 9.56. The van der Waals surface area contributed by atoms with Crippen molar-refractivity contribution in [2.24, 2.45) is 11.8 Å². The number of aliphatic hydroxyl groups excluding tert-OH is 2. The minimum atomic E-state index is -0.321. The van der Waals surface area contributed by atoms with Crippen molar-refractivity contribution in [3.63, 3.8) is 0 Å². The third-order valence-corrected chi connectivity index (χ3v) is 7.90. The maximum absolute atomic E-state index is 12.8. The Morgan fingerprint density at radius 1 is 1.18 bits per heavy atom. The van der Waals surface area contributed by atoms with Crippen molar-refractivity contribution < 1.29 is 15.0 Å². The summed E-state index contributed by atoms with van der Waals surface area (Å²) < 4.78 is 2.29. The van der Waals surface area contributed by atoms with Gasteiger partial charge in [-0.2, -0.15) is 0 Å². The molecule has 1 aromatic heterocycles. The second-order valence-electron chi connectivity index (χ2n) is 9.98. The molecule has 34 heavy (non-hydrogen) atoms. The molecule has 2 aliphatic rings. The fourth-order valence-electron chi connectivity index (χ4n) is 6.21. The average Bonchev–Trinajstić information content (AvgIpc) is 3.27. The second-order valence-corrected chi connectivity index (χ2v) is 9.98. The van der Waals surface area contributed by atoms with Gasteiger partial charge in [0.2, 0.25) is 0 Å². The fourth-order valence-corrected chi connectivity index (χ4v) is 6.21. The van der Waals surface area contributed by atoms with E-state index in [1.54, 1.807) is 0 Å². The predicted octanol–water partition coefficient (Wildman–Crippen LogP) is 5.34. The Hall–Kier alpha value is -3.18. The SMILES string of the molecule is C[C@@H]1C(=O)/C(=C\O)C[C@]2(C)c3nc(-c4ccccc4)n(-c4cccc(CCCO)c4)c3CC[C@@H]12. The van der Waals surface area contributed by atoms with E-state index in [9.17, 15) is 15.0 Å². The number of aryl methyl sites for hydroxylation is 1. The van der Waals surface area contributed by atoms with E-state index in [2.05, 4.69) is 47.9 Å². The van der Waals surface area contributed by atoms with Gasteiger partial charge in [0.15, 0.2) is 5.78 Å². The van der Waals surface area contributed by atoms with Gasteiger partial charge in [0.25, 0.3) is 0 Å². The van der Waals surface area contributed by atoms with Crippen LogP contribution in [0.3, 0.4) is 0 Å². The zero-order chi connectivity index (χ0) is 23.9. The normalized spacial score (nSPS) is 25.3. The topological polar surface area (TPSA) is 75.3 Å². The molecule has 5 rings (SSSR count). The summed E-state index contributed by atoms with van der Waals surface area (Å²) in [5.41, 5.74) is 5.73. The molecule has 0 spiro atoms. The van der Waals surface area contributed by atoms with Gasteiger partial charge in [-0.15, -0.1) is 0 Å². The number of aromatic nitrogens is 2. The van der Waals surface area contributed by atoms with E-state index in [1.807, 2.05) is 25.1 Å². The second kappa shape index (κ2) is 8.88. The number of nitrogens with zero attached hydrogens (tertiary/aromatic N) is 2. The number of carbonyl (C=O) groups is 1. The summed E-state index contributed by atoms with van der Waals surface area (Å²) in [6, 6.07) is 18.8. The van der Waals surface area contributed by atoms with E-state index in [1.165, 1.54) is 11.3 Å². The molecular weight excluding hydrogens is 424 g/mol. The Labute approximate surface area is 200 Å². The molecule has 1 saturated carbocycles. The van der Waals surface area contributed by atoms with Crippen molar-refractivity contribution >= 4 is 5.78 Å². The van der Waals surface area contributed by atoms with Gasteiger partial charge in [-0.25, -0.2) is 4.98 Å². The van der Waals surface area contributed by atoms with Gasteiger partial charge in [-0.05, 0) is 55.7 Å². The van der Waals surface area contributed by atoms with E-state index in [0.717, 1.165) is 54.7 Å². The Morgan fingerprint density at radius 3 is 2.71 bits per heavy atom. The Morgan fingerprint density at radius 2 is 1.97 bits per heavy atom. The van der Waals surface area contributed by atoms with Gasteiger partial charge in [-0.1, -0.05) is 56.3 Å². The number of Topliss-reactive ketones (excluding diaryl/α,β-unsaturated/α-hetero) is 1. The number of benzene rings is 2. The van der Waals surface area contributed by atoms with Crippen LogP contribution in [0, 0.1) is 11.8 Å². The number of carbonyl (C=O) groups excluding carboxylic acids is 1. The van der Waals surface area contributed by atoms with Gasteiger partial charge in [0.1, 0.15) is 5.82 Å². The molecular formula is C29H32N2O3. The molecule has 2 aliphatic carbocycles. The fraction of sp³-hybridized carbons (Fsp3) is 0.379. The van der Waals surface area contributed by atoms with Gasteiger partial charge < -0.3 is 10.2 Å². The molecule has 0 radical (unpaired) electrons. The first-order valence-corrected chi connectivity index (χ1v) is 12.2. The number of allylic oxidation sites excluding steroid dienone is 1. The van der Waals surface area contributed by atoms with Gasteiger partial charge in [0, 0.05) is 40.5 Å². The zero-order valence-electron chi connectivity index (χ0n) is 19.9. The van der Waals surface area contributed by atoms with Crippen molar-refractivity contribution in [3.05, 3.63) is 83.4 Å². The first-order chi connectivity index (χ1) is 16.5. The van der Waals surface area contributed by atoms with Crippen LogP contribution in [-0.2, 0) is 23.1 Å². The molecule has 0 aliphatic heterocycles. The van der Waals surface area contributed by atoms with Crippen molar-refractivity contribution in [1.82, 2.24) is 9.55 Å². The van der Waals surface area contributed by atoms with Crippen molar-refractivity contribution in [1.29, 1.82) is 0 Å². The number of hydrogen-bond donors (Lipinski definition) is 2. The number of rotatable bonds is 5. The summed E-state index contributed by atoms with van der Waals surface area (Å²) >= 11 is 0. The maximum Gasteiger partial charge on any atom is 0.165 e. The van der Waals surface area contributed by atoms with E-state index >= 15 is 0 Å². The van der Waals surface area contributed by atoms with Crippen LogP contribution in [0.2, 0.25) is 0 Å². The molecule has 5 nitrogen and oxygen atoms in total. The van der Waals surface area contributed by atoms with Crippen molar-refractivity contribution in [2.75, 3.05) is 6.61 Å². The molecule has 0 bridgehead atoms. The van der Waals surface area contributed by atoms with Crippen LogP contribution in [0.5, 0.6) is 0 Å². The molecule has 3 atom stereocenters. The monoisotopic (exact) mass is 456 g/mol. The molecule has 1 heterocycles. The highest BCUT2D eigenvalue weighted by atomic mass is 16.3. The summed E-state index contributed by atoms with van der Waals surface area (Å²) in [4.78, 5) is 18.1. The lowest BCUT2D eigenvalue weighted by Gasteiger charge is -2.47. The van der Waals surface area contributed by atoms with Crippen LogP contribution in [0.1, 0.15) is 50.1 Å². The largest absolute Gasteiger partial charge is 0.515 e. The molecule has 3 aromatic rings. The van der Waals surface area contributed by atoms with Crippen molar-refractivity contribution in [3.8, 4) is 17.1 Å². The predicted molar refractivity (Wildman–Crippen MR) is 133 cm³/mol. The summed E-state index contributed by atoms with van der Waals surface area (Å²) in [6.07, 6.45) is 4.84. The molecule has 1 fully saturated rings. The molecule has 0 unspecified atom stereocenters. The maximum atomic E-state index is 12.8. The van der Waals surface area contributed by atoms with Crippen LogP contribution in [0.4, 0.5) is 0 Å². The van der Waals surface area contributed by atoms with E-state index in [4.69, 9.17) is 4.98 Å². The van der Waals surface area contributed by atoms with Gasteiger partial charge >= 0.3 is 0 Å². The number of fused-ring (bicyclic) bond motifs is 3. The summed E-state index contributed by atoms with van der Waals surface area (Å²) in [7, 11) is 0. The van der Waals surface area contributed by atoms with Crippen LogP contribution < -0.4 is 0 Å². The van der Waals surface area contributed by atoms with E-state index in [0.29, 0.717) is 12.0 Å². The average molecular weight is 457 g/mol. The highest BCUT2D eigenvalue weighted by Crippen LogP contribution is 2.53. The lowest BCUT2D eigenvalue weighted by molar-refractivity contribution is -0.124. The van der Waals surface area contributed by atoms with E-state index in [-0.39, 0.29) is 29.6 Å². The summed E-state index contributed by atoms with van der Waals surface area (Å²) in [5, 5.41) is 19.1. The van der Waals surface area contributed by atoms with Crippen LogP contribution in [0.25, 0.3) is 17.1 Å². The third-order valence-electron chi connectivity index (χ3n) is 7.90. The standard InChI is InChI=1S/C29H32N2O3/c1-19-24-13-14-25-27(29(24,2)17-22(18-33)26(19)34)30-28(21-10-4-3-5-11-21)31(25)23-12-6-8-20(16-23)9-7-15-32/h3-6,8,10-12,16,18-19,24,32-33H,7,9,13-15,17H2,1-2H3/b22-18-/t19-,24-,29-/m0/s1. The Bertz CT molecular complexity index is 1240. The lowest BCUT2D eigenvalue weighted by Crippen LogP contribution is -2.48. The Balaban J connectivity index is 1.71. The highest BCUT2D eigenvalue weighted by molar-refractivity contribution is 5.98. The summed E-state index contributed by atoms with van der Waals surface area (Å²) in [5.74, 6) is 1.02. The molecule has 176 valence electrons. The third kappa shape index (κ3) is 3.59. The van der Waals surface area contributed by atoms with Gasteiger partial charge in [-0.3, -0.25) is 9.36 Å². The molecule has 2 aromatic carbocycles. The summed E-state index contributed by atoms with van der Waals surface area (Å²) in [6.45, 7) is 4.39. The van der Waals surface area contributed by atoms with Crippen LogP contribution in [-0.4, -0.2) is 32.2 Å². The number of aliphatic hydroxyl groups is 2. The first-order valence-electron chi connectivity index (χ1n) is 12.2. The molecule has 2 N–H and O–H groups in total. The minimum Gasteiger partial charge on any atom is -0.515 e. The molecule has 5 heteroatoms. The smallest absolute Gasteiger partial charge is 0.165 e. The van der Waals surface area contributed by atoms with E-state index < -0.39 is 0 Å². The molecule has 0 amide bonds. The first kappa shape index (κ1) is 22.6. The number of ketones is 1. The zero-order valence-corrected chi connectivity index (χ0v) is 19.9. The van der Waals surface area contributed by atoms with Crippen LogP contribution >= 0.6 is 0 Å². The van der Waals surface area contributed by atoms with Gasteiger partial charge in [0.05, 0.1) is 12.0 Å². The highest BCUT2D eigenvalue weighted by Gasteiger charge is 2.52. The minimum absolute atomic E-state index is 0.0627.